The second-order valence-corrected chi connectivity index (χ2v) is 4.47. The van der Waals surface area contributed by atoms with Crippen LogP contribution in [-0.4, -0.2) is 15.1 Å². The van der Waals surface area contributed by atoms with E-state index in [9.17, 15) is 10.1 Å². The molecule has 2 aromatic rings. The summed E-state index contributed by atoms with van der Waals surface area (Å²) >= 11 is 1.38. The van der Waals surface area contributed by atoms with Gasteiger partial charge < -0.3 is 5.73 Å². The number of hydrogen-bond donors (Lipinski definition) is 1. The maximum absolute atomic E-state index is 10.8. The summed E-state index contributed by atoms with van der Waals surface area (Å²) in [6.07, 6.45) is 0. The van der Waals surface area contributed by atoms with Gasteiger partial charge in [-0.25, -0.2) is 0 Å². The van der Waals surface area contributed by atoms with E-state index in [1.54, 1.807) is 30.3 Å². The molecule has 0 aliphatic heterocycles. The number of nitro benzene ring substituents is 1. The first kappa shape index (κ1) is 12.3. The molecule has 0 radical (unpaired) electrons. The predicted molar refractivity (Wildman–Crippen MR) is 69.1 cm³/mol. The van der Waals surface area contributed by atoms with Gasteiger partial charge in [0.05, 0.1) is 4.92 Å². The SMILES string of the molecule is Nc1ccc(SCc2ccccc2[N+](=O)[O-])nn1. The molecule has 7 heteroatoms. The van der Waals surface area contributed by atoms with Crippen LogP contribution in [0.1, 0.15) is 5.56 Å². The molecule has 0 fully saturated rings. The number of rotatable bonds is 4. The quantitative estimate of drug-likeness (QED) is 0.516. The Hall–Kier alpha value is -2.15. The lowest BCUT2D eigenvalue weighted by atomic mass is 10.2. The van der Waals surface area contributed by atoms with Crippen LogP contribution in [0.15, 0.2) is 41.4 Å². The summed E-state index contributed by atoms with van der Waals surface area (Å²) in [4.78, 5) is 10.4. The summed E-state index contributed by atoms with van der Waals surface area (Å²) in [5, 5.41) is 19.1. The number of thioether (sulfide) groups is 1. The fourth-order valence-corrected chi connectivity index (χ4v) is 2.18. The molecule has 0 amide bonds. The van der Waals surface area contributed by atoms with Gasteiger partial charge in [-0.05, 0) is 12.1 Å². The number of nitrogens with two attached hydrogens (primary N) is 1. The minimum atomic E-state index is -0.384. The first-order valence-electron chi connectivity index (χ1n) is 5.11. The van der Waals surface area contributed by atoms with Crippen LogP contribution in [0.5, 0.6) is 0 Å². The highest BCUT2D eigenvalue weighted by atomic mass is 32.2. The van der Waals surface area contributed by atoms with Gasteiger partial charge in [0.2, 0.25) is 0 Å². The largest absolute Gasteiger partial charge is 0.382 e. The number of benzene rings is 1. The van der Waals surface area contributed by atoms with Crippen LogP contribution in [0, 0.1) is 10.1 Å². The van der Waals surface area contributed by atoms with E-state index in [-0.39, 0.29) is 10.6 Å². The second-order valence-electron chi connectivity index (χ2n) is 3.47. The molecule has 2 N–H and O–H groups in total. The number of nitrogen functional groups attached to an aromatic ring is 1. The normalized spacial score (nSPS) is 10.2. The Morgan fingerprint density at radius 1 is 1.22 bits per heavy atom. The van der Waals surface area contributed by atoms with Gasteiger partial charge in [-0.15, -0.1) is 10.2 Å². The number of hydrogen-bond acceptors (Lipinski definition) is 6. The van der Waals surface area contributed by atoms with Crippen molar-refractivity contribution in [2.24, 2.45) is 0 Å². The van der Waals surface area contributed by atoms with E-state index in [2.05, 4.69) is 10.2 Å². The number of nitrogens with zero attached hydrogens (tertiary/aromatic N) is 3. The zero-order valence-electron chi connectivity index (χ0n) is 9.31. The first-order chi connectivity index (χ1) is 8.66. The van der Waals surface area contributed by atoms with Crippen molar-refractivity contribution in [1.82, 2.24) is 10.2 Å². The molecule has 1 aromatic heterocycles. The molecule has 0 unspecified atom stereocenters. The molecule has 1 heterocycles. The lowest BCUT2D eigenvalue weighted by molar-refractivity contribution is -0.385. The third-order valence-electron chi connectivity index (χ3n) is 2.22. The number of para-hydroxylation sites is 1. The zero-order chi connectivity index (χ0) is 13.0. The third-order valence-corrected chi connectivity index (χ3v) is 3.19. The number of aromatic nitrogens is 2. The summed E-state index contributed by atoms with van der Waals surface area (Å²) in [5.41, 5.74) is 6.20. The predicted octanol–water partition coefficient (Wildman–Crippen LogP) is 2.26. The topological polar surface area (TPSA) is 94.9 Å². The van der Waals surface area contributed by atoms with Crippen molar-refractivity contribution >= 4 is 23.3 Å². The molecule has 6 nitrogen and oxygen atoms in total. The summed E-state index contributed by atoms with van der Waals surface area (Å²) in [5.74, 6) is 0.820. The fourth-order valence-electron chi connectivity index (χ4n) is 1.37. The highest BCUT2D eigenvalue weighted by molar-refractivity contribution is 7.98. The fraction of sp³-hybridized carbons (Fsp3) is 0.0909. The van der Waals surface area contributed by atoms with Crippen LogP contribution >= 0.6 is 11.8 Å². The molecular formula is C11H10N4O2S. The molecule has 92 valence electrons. The third kappa shape index (κ3) is 2.95. The molecule has 0 aliphatic rings. The van der Waals surface area contributed by atoms with Gasteiger partial charge in [-0.3, -0.25) is 10.1 Å². The maximum Gasteiger partial charge on any atom is 0.273 e. The Morgan fingerprint density at radius 2 is 2.00 bits per heavy atom. The van der Waals surface area contributed by atoms with Crippen LogP contribution in [0.4, 0.5) is 11.5 Å². The Bertz CT molecular complexity index is 559. The van der Waals surface area contributed by atoms with E-state index in [1.165, 1.54) is 17.8 Å². The molecule has 0 aliphatic carbocycles. The van der Waals surface area contributed by atoms with Crippen molar-refractivity contribution in [2.45, 2.75) is 10.8 Å². The zero-order valence-corrected chi connectivity index (χ0v) is 10.1. The number of nitro groups is 1. The minimum Gasteiger partial charge on any atom is -0.382 e. The van der Waals surface area contributed by atoms with Crippen molar-refractivity contribution in [3.05, 3.63) is 52.1 Å². The second kappa shape index (κ2) is 5.46. The maximum atomic E-state index is 10.8. The van der Waals surface area contributed by atoms with E-state index in [1.807, 2.05) is 0 Å². The van der Waals surface area contributed by atoms with E-state index >= 15 is 0 Å². The van der Waals surface area contributed by atoms with Gasteiger partial charge >= 0.3 is 0 Å². The molecule has 0 spiro atoms. The average molecular weight is 262 g/mol. The van der Waals surface area contributed by atoms with E-state index in [4.69, 9.17) is 5.73 Å². The first-order valence-corrected chi connectivity index (χ1v) is 6.09. The van der Waals surface area contributed by atoms with Crippen molar-refractivity contribution in [2.75, 3.05) is 5.73 Å². The monoisotopic (exact) mass is 262 g/mol. The van der Waals surface area contributed by atoms with E-state index in [0.29, 0.717) is 22.2 Å². The molecule has 0 saturated heterocycles. The number of anilines is 1. The Labute approximate surface area is 107 Å². The van der Waals surface area contributed by atoms with Crippen LogP contribution in [-0.2, 0) is 5.75 Å². The van der Waals surface area contributed by atoms with E-state index in [0.717, 1.165) is 0 Å². The van der Waals surface area contributed by atoms with Gasteiger partial charge in [0.1, 0.15) is 10.8 Å². The molecule has 0 atom stereocenters. The van der Waals surface area contributed by atoms with Gasteiger partial charge in [-0.1, -0.05) is 30.0 Å². The van der Waals surface area contributed by atoms with Crippen LogP contribution < -0.4 is 5.73 Å². The summed E-state index contributed by atoms with van der Waals surface area (Å²) < 4.78 is 0. The van der Waals surface area contributed by atoms with Crippen molar-refractivity contribution in [3.8, 4) is 0 Å². The molecule has 1 aromatic carbocycles. The average Bonchev–Trinajstić information content (AvgIpc) is 2.38. The summed E-state index contributed by atoms with van der Waals surface area (Å²) in [6, 6.07) is 10.0. The Morgan fingerprint density at radius 3 is 2.67 bits per heavy atom. The molecular weight excluding hydrogens is 252 g/mol. The van der Waals surface area contributed by atoms with Crippen molar-refractivity contribution < 1.29 is 4.92 Å². The highest BCUT2D eigenvalue weighted by Gasteiger charge is 2.12. The van der Waals surface area contributed by atoms with Gasteiger partial charge in [0, 0.05) is 17.4 Å². The molecule has 2 rings (SSSR count). The van der Waals surface area contributed by atoms with Gasteiger partial charge in [-0.2, -0.15) is 0 Å². The van der Waals surface area contributed by atoms with E-state index < -0.39 is 0 Å². The van der Waals surface area contributed by atoms with Crippen molar-refractivity contribution in [3.63, 3.8) is 0 Å². The van der Waals surface area contributed by atoms with Gasteiger partial charge in [0.25, 0.3) is 5.69 Å². The standard InChI is InChI=1S/C11H10N4O2S/c12-10-5-6-11(14-13-10)18-7-8-3-1-2-4-9(8)15(16)17/h1-6H,7H2,(H2,12,13). The summed E-state index contributed by atoms with van der Waals surface area (Å²) in [7, 11) is 0. The molecule has 0 saturated carbocycles. The molecule has 0 bridgehead atoms. The highest BCUT2D eigenvalue weighted by Crippen LogP contribution is 2.26. The van der Waals surface area contributed by atoms with Crippen LogP contribution in [0.2, 0.25) is 0 Å². The van der Waals surface area contributed by atoms with Crippen molar-refractivity contribution in [1.29, 1.82) is 0 Å². The lowest BCUT2D eigenvalue weighted by Gasteiger charge is -2.02. The molecule has 18 heavy (non-hydrogen) atoms. The van der Waals surface area contributed by atoms with Crippen LogP contribution in [0.3, 0.4) is 0 Å². The lowest BCUT2D eigenvalue weighted by Crippen LogP contribution is -1.95. The Balaban J connectivity index is 2.10. The smallest absolute Gasteiger partial charge is 0.273 e. The Kier molecular flexibility index (Phi) is 3.73. The minimum absolute atomic E-state index is 0.119. The van der Waals surface area contributed by atoms with Crippen LogP contribution in [0.25, 0.3) is 0 Å². The van der Waals surface area contributed by atoms with Gasteiger partial charge in [0.15, 0.2) is 0 Å². The summed E-state index contributed by atoms with van der Waals surface area (Å²) in [6.45, 7) is 0.